The van der Waals surface area contributed by atoms with Crippen LogP contribution < -0.4 is 11.1 Å². The van der Waals surface area contributed by atoms with E-state index in [0.717, 1.165) is 43.3 Å². The maximum Gasteiger partial charge on any atom is 0.257 e. The Balaban J connectivity index is 1.76. The summed E-state index contributed by atoms with van der Waals surface area (Å²) in [5.74, 6) is 0.214. The van der Waals surface area contributed by atoms with Crippen LogP contribution in [0.3, 0.4) is 0 Å². The number of carbonyl (C=O) groups excluding carboxylic acids is 1. The number of benzene rings is 1. The van der Waals surface area contributed by atoms with Crippen LogP contribution in [0, 0.1) is 0 Å². The van der Waals surface area contributed by atoms with Gasteiger partial charge >= 0.3 is 0 Å². The van der Waals surface area contributed by atoms with Crippen LogP contribution in [-0.4, -0.2) is 39.7 Å². The van der Waals surface area contributed by atoms with Crippen molar-refractivity contribution in [1.29, 1.82) is 0 Å². The Morgan fingerprint density at radius 1 is 1.33 bits per heavy atom. The molecule has 0 aliphatic carbocycles. The molecule has 1 amide bonds. The molecule has 1 fully saturated rings. The number of fused-ring (bicyclic) bond motifs is 2. The van der Waals surface area contributed by atoms with Crippen molar-refractivity contribution < 1.29 is 9.53 Å². The van der Waals surface area contributed by atoms with E-state index in [0.29, 0.717) is 35.6 Å². The van der Waals surface area contributed by atoms with Gasteiger partial charge in [0.15, 0.2) is 5.65 Å². The van der Waals surface area contributed by atoms with Gasteiger partial charge in [0, 0.05) is 19.7 Å². The van der Waals surface area contributed by atoms with Crippen LogP contribution in [0.25, 0.3) is 22.2 Å². The molecule has 3 heterocycles. The predicted molar refractivity (Wildman–Crippen MR) is 106 cm³/mol. The van der Waals surface area contributed by atoms with Gasteiger partial charge in [0.1, 0.15) is 16.9 Å². The van der Waals surface area contributed by atoms with Gasteiger partial charge < -0.3 is 20.4 Å². The van der Waals surface area contributed by atoms with Crippen LogP contribution in [0.5, 0.6) is 0 Å². The Bertz CT molecular complexity index is 975. The maximum atomic E-state index is 12.9. The minimum absolute atomic E-state index is 0.0792. The fourth-order valence-corrected chi connectivity index (χ4v) is 3.58. The van der Waals surface area contributed by atoms with Crippen molar-refractivity contribution in [1.82, 2.24) is 19.9 Å². The number of rotatable bonds is 6. The monoisotopic (exact) mass is 367 g/mol. The third-order valence-electron chi connectivity index (χ3n) is 5.07. The van der Waals surface area contributed by atoms with E-state index in [1.807, 2.05) is 28.8 Å². The number of nitrogens with two attached hydrogens (primary N) is 1. The second kappa shape index (κ2) is 7.52. The molecule has 0 unspecified atom stereocenters. The lowest BCUT2D eigenvalue weighted by atomic mass is 10.2. The highest BCUT2D eigenvalue weighted by Crippen LogP contribution is 2.28. The zero-order chi connectivity index (χ0) is 18.8. The van der Waals surface area contributed by atoms with Gasteiger partial charge in [-0.1, -0.05) is 25.5 Å². The molecule has 2 aromatic heterocycles. The minimum Gasteiger partial charge on any atom is -0.384 e. The van der Waals surface area contributed by atoms with E-state index in [2.05, 4.69) is 12.2 Å². The molecule has 0 spiro atoms. The maximum absolute atomic E-state index is 12.9. The molecule has 27 heavy (non-hydrogen) atoms. The fourth-order valence-electron chi connectivity index (χ4n) is 3.58. The number of amides is 1. The van der Waals surface area contributed by atoms with Crippen molar-refractivity contribution in [2.75, 3.05) is 18.9 Å². The first-order valence-corrected chi connectivity index (χ1v) is 9.63. The molecule has 0 bridgehead atoms. The SMILES string of the molecule is CCCCn1c(N)c(C(=O)NC[C@@H]2CCCO2)c2nc3ccccc3nc21. The molecule has 7 heteroatoms. The Morgan fingerprint density at radius 3 is 2.81 bits per heavy atom. The van der Waals surface area contributed by atoms with Gasteiger partial charge in [-0.2, -0.15) is 0 Å². The van der Waals surface area contributed by atoms with Gasteiger partial charge in [0.05, 0.1) is 17.1 Å². The normalized spacial score (nSPS) is 17.0. The fraction of sp³-hybridized carbons (Fsp3) is 0.450. The molecule has 0 saturated carbocycles. The third-order valence-corrected chi connectivity index (χ3v) is 5.07. The van der Waals surface area contributed by atoms with E-state index in [-0.39, 0.29) is 12.0 Å². The van der Waals surface area contributed by atoms with Crippen LogP contribution in [0.4, 0.5) is 5.82 Å². The van der Waals surface area contributed by atoms with E-state index in [9.17, 15) is 4.79 Å². The minimum atomic E-state index is -0.215. The molecule has 3 N–H and O–H groups in total. The molecule has 1 aliphatic heterocycles. The number of para-hydroxylation sites is 2. The van der Waals surface area contributed by atoms with Crippen molar-refractivity contribution in [3.8, 4) is 0 Å². The molecule has 142 valence electrons. The summed E-state index contributed by atoms with van der Waals surface area (Å²) >= 11 is 0. The number of nitrogens with zero attached hydrogens (tertiary/aromatic N) is 3. The summed E-state index contributed by atoms with van der Waals surface area (Å²) in [5.41, 5.74) is 9.59. The number of ether oxygens (including phenoxy) is 1. The first-order valence-electron chi connectivity index (χ1n) is 9.63. The molecule has 0 radical (unpaired) electrons. The standard InChI is InChI=1S/C20H25N5O2/c1-2-3-10-25-18(21)16(20(26)22-12-13-7-6-11-27-13)17-19(25)24-15-9-5-4-8-14(15)23-17/h4-5,8-9,13H,2-3,6-7,10-12,21H2,1H3,(H,22,26)/t13-/m0/s1. The van der Waals surface area contributed by atoms with Gasteiger partial charge in [-0.15, -0.1) is 0 Å². The summed E-state index contributed by atoms with van der Waals surface area (Å²) in [4.78, 5) is 22.4. The highest BCUT2D eigenvalue weighted by molar-refractivity contribution is 6.10. The highest BCUT2D eigenvalue weighted by atomic mass is 16.5. The van der Waals surface area contributed by atoms with Gasteiger partial charge in [-0.25, -0.2) is 9.97 Å². The first-order chi connectivity index (χ1) is 13.2. The van der Waals surface area contributed by atoms with Crippen molar-refractivity contribution >= 4 is 33.9 Å². The van der Waals surface area contributed by atoms with Gasteiger partial charge in [0.25, 0.3) is 5.91 Å². The van der Waals surface area contributed by atoms with Gasteiger partial charge in [0.2, 0.25) is 0 Å². The second-order valence-corrected chi connectivity index (χ2v) is 7.00. The van der Waals surface area contributed by atoms with Crippen LogP contribution in [0.1, 0.15) is 43.0 Å². The summed E-state index contributed by atoms with van der Waals surface area (Å²) < 4.78 is 7.51. The Labute approximate surface area is 157 Å². The van der Waals surface area contributed by atoms with Crippen molar-refractivity contribution in [2.24, 2.45) is 0 Å². The van der Waals surface area contributed by atoms with Crippen molar-refractivity contribution in [3.63, 3.8) is 0 Å². The lowest BCUT2D eigenvalue weighted by Gasteiger charge is -2.11. The molecule has 1 atom stereocenters. The first kappa shape index (κ1) is 17.7. The second-order valence-electron chi connectivity index (χ2n) is 7.00. The Morgan fingerprint density at radius 2 is 2.11 bits per heavy atom. The zero-order valence-corrected chi connectivity index (χ0v) is 15.6. The largest absolute Gasteiger partial charge is 0.384 e. The average molecular weight is 367 g/mol. The Hall–Kier alpha value is -2.67. The van der Waals surface area contributed by atoms with Crippen molar-refractivity contribution in [3.05, 3.63) is 29.8 Å². The van der Waals surface area contributed by atoms with Gasteiger partial charge in [-0.3, -0.25) is 4.79 Å². The number of hydrogen-bond donors (Lipinski definition) is 2. The summed E-state index contributed by atoms with van der Waals surface area (Å²) in [6, 6.07) is 7.67. The number of aryl methyl sites for hydroxylation is 1. The lowest BCUT2D eigenvalue weighted by Crippen LogP contribution is -2.32. The molecule has 1 aromatic carbocycles. The van der Waals surface area contributed by atoms with Crippen LogP contribution in [-0.2, 0) is 11.3 Å². The molecular weight excluding hydrogens is 342 g/mol. The number of hydrogen-bond acceptors (Lipinski definition) is 5. The molecule has 1 saturated heterocycles. The number of aromatic nitrogens is 3. The van der Waals surface area contributed by atoms with Crippen molar-refractivity contribution in [2.45, 2.75) is 45.3 Å². The lowest BCUT2D eigenvalue weighted by molar-refractivity contribution is 0.0859. The number of carbonyl (C=O) groups is 1. The van der Waals surface area contributed by atoms with E-state index in [4.69, 9.17) is 20.4 Å². The van der Waals surface area contributed by atoms with E-state index in [1.54, 1.807) is 0 Å². The van der Waals surface area contributed by atoms with Crippen LogP contribution >= 0.6 is 0 Å². The number of anilines is 1. The summed E-state index contributed by atoms with van der Waals surface area (Å²) in [6.45, 7) is 4.08. The average Bonchev–Trinajstić information content (AvgIpc) is 3.29. The van der Waals surface area contributed by atoms with Gasteiger partial charge in [-0.05, 0) is 31.4 Å². The zero-order valence-electron chi connectivity index (χ0n) is 15.6. The van der Waals surface area contributed by atoms with Crippen LogP contribution in [0.15, 0.2) is 24.3 Å². The molecule has 4 rings (SSSR count). The molecule has 7 nitrogen and oxygen atoms in total. The highest BCUT2D eigenvalue weighted by Gasteiger charge is 2.25. The number of unbranched alkanes of at least 4 members (excludes halogenated alkanes) is 1. The molecule has 1 aliphatic rings. The van der Waals surface area contributed by atoms with Crippen LogP contribution in [0.2, 0.25) is 0 Å². The number of nitrogens with one attached hydrogen (secondary N) is 1. The van der Waals surface area contributed by atoms with E-state index < -0.39 is 0 Å². The van der Waals surface area contributed by atoms with E-state index in [1.165, 1.54) is 0 Å². The molecular formula is C20H25N5O2. The third kappa shape index (κ3) is 3.35. The quantitative estimate of drug-likeness (QED) is 0.698. The molecule has 3 aromatic rings. The summed E-state index contributed by atoms with van der Waals surface area (Å²) in [6.07, 6.45) is 4.07. The predicted octanol–water partition coefficient (Wildman–Crippen LogP) is 2.88. The summed E-state index contributed by atoms with van der Waals surface area (Å²) in [7, 11) is 0. The topological polar surface area (TPSA) is 95.1 Å². The summed E-state index contributed by atoms with van der Waals surface area (Å²) in [5, 5.41) is 2.97. The Kier molecular flexibility index (Phi) is 4.94. The van der Waals surface area contributed by atoms with E-state index >= 15 is 0 Å². The smallest absolute Gasteiger partial charge is 0.257 e. The number of nitrogen functional groups attached to an aromatic ring is 1.